The largest absolute Gasteiger partial charge is 0.355 e. The molecule has 1 rings (SSSR count). The highest BCUT2D eigenvalue weighted by Gasteiger charge is 2.16. The van der Waals surface area contributed by atoms with E-state index in [-0.39, 0.29) is 0 Å². The van der Waals surface area contributed by atoms with Gasteiger partial charge in [0.15, 0.2) is 6.23 Å². The van der Waals surface area contributed by atoms with Crippen LogP contribution in [0.5, 0.6) is 0 Å². The highest BCUT2D eigenvalue weighted by Crippen LogP contribution is 2.11. The quantitative estimate of drug-likeness (QED) is 0.438. The van der Waals surface area contributed by atoms with Crippen LogP contribution in [0.25, 0.3) is 0 Å². The molecule has 0 aromatic rings. The van der Waals surface area contributed by atoms with Crippen molar-refractivity contribution in [3.05, 3.63) is 6.23 Å². The van der Waals surface area contributed by atoms with E-state index in [2.05, 4.69) is 4.90 Å². The van der Waals surface area contributed by atoms with Crippen molar-refractivity contribution in [2.24, 2.45) is 0 Å². The molecule has 1 heterocycles. The van der Waals surface area contributed by atoms with Crippen LogP contribution < -0.4 is 0 Å². The second kappa shape index (κ2) is 1.80. The molecule has 0 aromatic carbocycles. The fourth-order valence-corrected chi connectivity index (χ4v) is 0.598. The van der Waals surface area contributed by atoms with Gasteiger partial charge in [0, 0.05) is 6.54 Å². The normalized spacial score (nSPS) is 26.6. The number of hydrogen-bond donors (Lipinski definition) is 0. The van der Waals surface area contributed by atoms with E-state index in [9.17, 15) is 0 Å². The van der Waals surface area contributed by atoms with Gasteiger partial charge in [-0.1, -0.05) is 0 Å². The van der Waals surface area contributed by atoms with E-state index >= 15 is 0 Å². The zero-order chi connectivity index (χ0) is 5.28. The van der Waals surface area contributed by atoms with E-state index in [0.717, 1.165) is 19.4 Å². The fourth-order valence-electron chi connectivity index (χ4n) is 0.598. The molecule has 0 spiro atoms. The summed E-state index contributed by atoms with van der Waals surface area (Å²) in [4.78, 5) is 2.10. The summed E-state index contributed by atoms with van der Waals surface area (Å²) in [5.41, 5.74) is 0. The molecule has 0 amide bonds. The molecule has 0 atom stereocenters. The van der Waals surface area contributed by atoms with Crippen molar-refractivity contribution < 1.29 is 4.74 Å². The highest BCUT2D eigenvalue weighted by atomic mass is 16.5. The molecule has 1 aliphatic heterocycles. The van der Waals surface area contributed by atoms with Crippen molar-refractivity contribution in [3.63, 3.8) is 0 Å². The van der Waals surface area contributed by atoms with Gasteiger partial charge in [-0.3, -0.25) is 4.90 Å². The first-order valence-electron chi connectivity index (χ1n) is 2.48. The number of rotatable bonds is 0. The fraction of sp³-hybridized carbons (Fsp3) is 0.800. The maximum atomic E-state index is 5.11. The molecule has 0 aliphatic carbocycles. The van der Waals surface area contributed by atoms with Gasteiger partial charge in [-0.25, -0.2) is 0 Å². The van der Waals surface area contributed by atoms with Crippen molar-refractivity contribution >= 4 is 0 Å². The van der Waals surface area contributed by atoms with Gasteiger partial charge in [-0.2, -0.15) is 0 Å². The second-order valence-corrected chi connectivity index (χ2v) is 1.79. The molecule has 2 heteroatoms. The maximum Gasteiger partial charge on any atom is 0.161 e. The molecular weight excluding hydrogens is 90.1 g/mol. The Bertz CT molecular complexity index is 57.1. The molecule has 0 N–H and O–H groups in total. The minimum atomic E-state index is 0.863. The topological polar surface area (TPSA) is 12.5 Å². The number of ether oxygens (including phenoxy) is 1. The molecule has 1 fully saturated rings. The van der Waals surface area contributed by atoms with Crippen molar-refractivity contribution in [3.8, 4) is 0 Å². The average molecular weight is 100 g/mol. The minimum Gasteiger partial charge on any atom is -0.355 e. The summed E-state index contributed by atoms with van der Waals surface area (Å²) in [5.74, 6) is 0. The zero-order valence-corrected chi connectivity index (χ0v) is 4.77. The summed E-state index contributed by atoms with van der Waals surface area (Å²) in [6, 6.07) is 0. The third-order valence-electron chi connectivity index (χ3n) is 1.28. The summed E-state index contributed by atoms with van der Waals surface area (Å²) in [5, 5.41) is 0. The van der Waals surface area contributed by atoms with Crippen molar-refractivity contribution in [2.45, 2.75) is 6.92 Å². The van der Waals surface area contributed by atoms with Gasteiger partial charge in [-0.05, 0) is 14.0 Å². The molecule has 41 valence electrons. The van der Waals surface area contributed by atoms with Crippen LogP contribution in [0.1, 0.15) is 6.92 Å². The first-order valence-corrected chi connectivity index (χ1v) is 2.48. The molecule has 2 nitrogen and oxygen atoms in total. The van der Waals surface area contributed by atoms with Crippen molar-refractivity contribution in [1.82, 2.24) is 4.90 Å². The summed E-state index contributed by atoms with van der Waals surface area (Å²) < 4.78 is 5.11. The lowest BCUT2D eigenvalue weighted by atomic mass is 10.6. The van der Waals surface area contributed by atoms with Gasteiger partial charge in [0.2, 0.25) is 0 Å². The van der Waals surface area contributed by atoms with Crippen LogP contribution >= 0.6 is 0 Å². The summed E-state index contributed by atoms with van der Waals surface area (Å²) in [6.07, 6.45) is 1.04. The van der Waals surface area contributed by atoms with Gasteiger partial charge in [-0.15, -0.1) is 0 Å². The van der Waals surface area contributed by atoms with Crippen LogP contribution in [0.3, 0.4) is 0 Å². The van der Waals surface area contributed by atoms with Gasteiger partial charge in [0.05, 0.1) is 6.61 Å². The number of hydrogen-bond acceptors (Lipinski definition) is 2. The van der Waals surface area contributed by atoms with E-state index in [1.165, 1.54) is 0 Å². The monoisotopic (exact) mass is 100 g/mol. The average Bonchev–Trinajstić information content (AvgIpc) is 1.91. The Hall–Kier alpha value is -0.0800. The smallest absolute Gasteiger partial charge is 0.161 e. The van der Waals surface area contributed by atoms with E-state index in [1.807, 2.05) is 14.0 Å². The van der Waals surface area contributed by atoms with Crippen LogP contribution in [-0.4, -0.2) is 25.1 Å². The summed E-state index contributed by atoms with van der Waals surface area (Å²) in [7, 11) is 2.03. The van der Waals surface area contributed by atoms with Gasteiger partial charge in [0.1, 0.15) is 0 Å². The van der Waals surface area contributed by atoms with Crippen molar-refractivity contribution in [1.29, 1.82) is 0 Å². The molecule has 0 bridgehead atoms. The van der Waals surface area contributed by atoms with E-state index in [4.69, 9.17) is 4.74 Å². The molecule has 0 unspecified atom stereocenters. The van der Waals surface area contributed by atoms with Crippen LogP contribution in [0.15, 0.2) is 0 Å². The number of nitrogens with zero attached hydrogens (tertiary/aromatic N) is 1. The maximum absolute atomic E-state index is 5.11. The van der Waals surface area contributed by atoms with Gasteiger partial charge in [0.25, 0.3) is 0 Å². The lowest BCUT2D eigenvalue weighted by molar-refractivity contribution is 0.165. The Morgan fingerprint density at radius 1 is 1.71 bits per heavy atom. The highest BCUT2D eigenvalue weighted by molar-refractivity contribution is 4.75. The molecule has 7 heavy (non-hydrogen) atoms. The van der Waals surface area contributed by atoms with Crippen LogP contribution in [0.4, 0.5) is 0 Å². The van der Waals surface area contributed by atoms with E-state index in [1.54, 1.807) is 0 Å². The molecule has 0 saturated carbocycles. The first-order chi connectivity index (χ1) is 3.30. The standard InChI is InChI=1S/C5H10NO/c1-5-6(2)3-4-7-5/h3-4H2,1-2H3. The summed E-state index contributed by atoms with van der Waals surface area (Å²) >= 11 is 0. The third kappa shape index (κ3) is 0.924. The Morgan fingerprint density at radius 2 is 2.43 bits per heavy atom. The third-order valence-corrected chi connectivity index (χ3v) is 1.28. The Morgan fingerprint density at radius 3 is 2.57 bits per heavy atom. The Balaban J connectivity index is 2.33. The minimum absolute atomic E-state index is 0.863. The predicted octanol–water partition coefficient (Wildman–Crippen LogP) is 0.458. The molecular formula is C5H10NO. The second-order valence-electron chi connectivity index (χ2n) is 1.79. The molecule has 0 aromatic heterocycles. The number of likely N-dealkylation sites (N-methyl/N-ethyl adjacent to an activating group) is 1. The lowest BCUT2D eigenvalue weighted by Crippen LogP contribution is -2.14. The Labute approximate surface area is 44.1 Å². The van der Waals surface area contributed by atoms with E-state index < -0.39 is 0 Å². The van der Waals surface area contributed by atoms with Crippen molar-refractivity contribution in [2.75, 3.05) is 20.2 Å². The van der Waals surface area contributed by atoms with Gasteiger partial charge < -0.3 is 4.74 Å². The molecule has 1 radical (unpaired) electrons. The van der Waals surface area contributed by atoms with Gasteiger partial charge >= 0.3 is 0 Å². The lowest BCUT2D eigenvalue weighted by Gasteiger charge is -2.08. The Kier molecular flexibility index (Phi) is 1.30. The molecule has 1 saturated heterocycles. The zero-order valence-electron chi connectivity index (χ0n) is 4.77. The first kappa shape index (κ1) is 5.06. The SMILES string of the molecule is C[C]1OCCN1C. The van der Waals surface area contributed by atoms with Crippen LogP contribution in [0, 0.1) is 6.23 Å². The van der Waals surface area contributed by atoms with Crippen LogP contribution in [-0.2, 0) is 4.74 Å². The van der Waals surface area contributed by atoms with E-state index in [0.29, 0.717) is 0 Å². The van der Waals surface area contributed by atoms with Crippen LogP contribution in [0.2, 0.25) is 0 Å². The predicted molar refractivity (Wildman–Crippen MR) is 27.5 cm³/mol. The molecule has 1 aliphatic rings. The summed E-state index contributed by atoms with van der Waals surface area (Å²) in [6.45, 7) is 3.89.